The Morgan fingerprint density at radius 1 is 0.381 bits per heavy atom. The second kappa shape index (κ2) is 19.1. The van der Waals surface area contributed by atoms with Crippen LogP contribution in [0, 0.1) is 0 Å². The molecule has 0 aromatic rings. The average Bonchev–Trinajstić information content (AvgIpc) is 3.07. The van der Waals surface area contributed by atoms with Crippen molar-refractivity contribution in [1.82, 2.24) is 0 Å². The van der Waals surface area contributed by atoms with Crippen molar-refractivity contribution in [3.63, 3.8) is 0 Å². The number of rotatable bonds is 7. The van der Waals surface area contributed by atoms with Gasteiger partial charge in [-0.3, -0.25) is 0 Å². The van der Waals surface area contributed by atoms with Crippen LogP contribution in [0.25, 0.3) is 0 Å². The van der Waals surface area contributed by atoms with Crippen molar-refractivity contribution in [2.24, 2.45) is 0 Å². The molecule has 0 amide bonds. The van der Waals surface area contributed by atoms with E-state index in [9.17, 15) is 0 Å². The second-order valence-corrected chi connectivity index (χ2v) is 29.8. The second-order valence-electron chi connectivity index (χ2n) is 15.6. The van der Waals surface area contributed by atoms with E-state index >= 15 is 0 Å². The monoisotopic (exact) mass is 746 g/mol. The van der Waals surface area contributed by atoms with E-state index in [4.69, 9.17) is 19.4 Å². The van der Waals surface area contributed by atoms with E-state index in [1.165, 1.54) is 113 Å². The Bertz CT molecular complexity index is 676. The Morgan fingerprint density at radius 3 is 0.857 bits per heavy atom. The predicted molar refractivity (Wildman–Crippen MR) is 194 cm³/mol. The zero-order valence-electron chi connectivity index (χ0n) is 27.3. The summed E-state index contributed by atoms with van der Waals surface area (Å²) in [4.78, 5) is 0. The minimum atomic E-state index is -1.68. The normalized spacial score (nSPS) is 27.8. The van der Waals surface area contributed by atoms with Gasteiger partial charge in [-0.25, -0.2) is 0 Å². The Labute approximate surface area is 277 Å². The van der Waals surface area contributed by atoms with Crippen molar-refractivity contribution < 1.29 is 13.5 Å². The van der Waals surface area contributed by atoms with Gasteiger partial charge in [0, 0.05) is 7.92 Å². The first-order valence-corrected chi connectivity index (χ1v) is 28.5. The zero-order chi connectivity index (χ0) is 29.0. The fourth-order valence-electron chi connectivity index (χ4n) is 11.1. The standard InChI is InChI=1S/C19H34P.C18H33P.2ClH.Ru/c1-20(17-11-5-2-6-12-17,18-13-7-3-8-14-18)19-15-9-4-10-16-19;1-4-10-16(11-5-1)19(17-12-6-2-7-13-17)18-14-8-3-9-15-18;;;/h1,17-19H,2-16H2;16-18H,1-15H2;2*1H;/q+1;;;;+2/p-1. The summed E-state index contributed by atoms with van der Waals surface area (Å²) in [6.07, 6.45) is 46.0. The summed E-state index contributed by atoms with van der Waals surface area (Å²) in [5.74, 6) is 0. The molecule has 0 aromatic heterocycles. The molecule has 0 nitrogen and oxygen atoms in total. The van der Waals surface area contributed by atoms with Gasteiger partial charge in [0.15, 0.2) is 0 Å². The van der Waals surface area contributed by atoms with E-state index in [0.717, 1.165) is 17.0 Å². The number of hydrogen-bond acceptors (Lipinski definition) is 0. The molecule has 6 rings (SSSR count). The van der Waals surface area contributed by atoms with E-state index < -0.39 is 20.8 Å². The molecule has 0 bridgehead atoms. The molecule has 42 heavy (non-hydrogen) atoms. The van der Waals surface area contributed by atoms with Gasteiger partial charge in [-0.15, -0.1) is 0 Å². The minimum absolute atomic E-state index is 0.0465. The summed E-state index contributed by atoms with van der Waals surface area (Å²) in [5.41, 5.74) is 6.67. The number of hydrogen-bond donors (Lipinski definition) is 0. The first kappa shape index (κ1) is 35.2. The van der Waals surface area contributed by atoms with Gasteiger partial charge in [0.2, 0.25) is 0 Å². The van der Waals surface area contributed by atoms with Crippen LogP contribution in [0.2, 0.25) is 0 Å². The van der Waals surface area contributed by atoms with Crippen LogP contribution in [-0.4, -0.2) is 38.3 Å². The van der Waals surface area contributed by atoms with E-state index in [-0.39, 0.29) is 7.92 Å². The molecule has 0 saturated heterocycles. The molecule has 6 aliphatic rings. The predicted octanol–water partition coefficient (Wildman–Crippen LogP) is 13.9. The molecule has 0 aliphatic heterocycles. The Morgan fingerprint density at radius 2 is 0.619 bits per heavy atom. The first-order chi connectivity index (χ1) is 20.7. The van der Waals surface area contributed by atoms with Crippen molar-refractivity contribution >= 4 is 38.9 Å². The van der Waals surface area contributed by atoms with Crippen LogP contribution in [0.15, 0.2) is 0 Å². The van der Waals surface area contributed by atoms with E-state index in [0.29, 0.717) is 0 Å². The molecular formula is C37H68Cl2P2Ru+2. The van der Waals surface area contributed by atoms with Gasteiger partial charge >= 0.3 is 158 Å². The van der Waals surface area contributed by atoms with Crippen LogP contribution in [-0.2, 0) is 13.5 Å². The van der Waals surface area contributed by atoms with E-state index in [1.54, 1.807) is 96.3 Å². The Hall–Kier alpha value is 1.93. The van der Waals surface area contributed by atoms with E-state index in [2.05, 4.69) is 4.35 Å². The zero-order valence-corrected chi connectivity index (χ0v) is 32.5. The number of halogens is 2. The summed E-state index contributed by atoms with van der Waals surface area (Å²) in [5, 5.41) is 0. The quantitative estimate of drug-likeness (QED) is 0.180. The van der Waals surface area contributed by atoms with Crippen molar-refractivity contribution in [2.75, 3.05) is 0 Å². The van der Waals surface area contributed by atoms with Gasteiger partial charge < -0.3 is 0 Å². The van der Waals surface area contributed by atoms with Gasteiger partial charge in [0.05, 0.1) is 17.0 Å². The molecule has 0 radical (unpaired) electrons. The average molecular weight is 747 g/mol. The molecule has 0 atom stereocenters. The summed E-state index contributed by atoms with van der Waals surface area (Å²) in [7, 11) is 12.1. The van der Waals surface area contributed by atoms with Crippen LogP contribution in [0.1, 0.15) is 193 Å². The van der Waals surface area contributed by atoms with Crippen LogP contribution >= 0.6 is 34.6 Å². The van der Waals surface area contributed by atoms with Crippen molar-refractivity contribution in [3.05, 3.63) is 0 Å². The van der Waals surface area contributed by atoms with Gasteiger partial charge in [-0.05, 0) is 77.0 Å². The Balaban J connectivity index is 0.000000171. The van der Waals surface area contributed by atoms with Crippen molar-refractivity contribution in [1.29, 1.82) is 0 Å². The maximum atomic E-state index is 6.60. The summed E-state index contributed by atoms with van der Waals surface area (Å²) >= 11 is -1.68. The van der Waals surface area contributed by atoms with Crippen LogP contribution in [0.5, 0.6) is 0 Å². The third-order valence-corrected chi connectivity index (χ3v) is 29.2. The van der Waals surface area contributed by atoms with Gasteiger partial charge in [0.1, 0.15) is 0 Å². The molecule has 0 aromatic carbocycles. The molecule has 0 unspecified atom stereocenters. The molecule has 6 aliphatic carbocycles. The first-order valence-electron chi connectivity index (χ1n) is 19.3. The van der Waals surface area contributed by atoms with Crippen LogP contribution in [0.4, 0.5) is 0 Å². The SMILES string of the molecule is C1CCC([PH+](C2CCCCC2)C2CCCCC2)CC1.[Cl][Ru]([Cl])=[CH][P+](C1CCCCC1)(C1CCCCC1)C1CCCCC1. The summed E-state index contributed by atoms with van der Waals surface area (Å²) in [6, 6.07) is 0. The fourth-order valence-corrected chi connectivity index (χ4v) is 31.9. The maximum absolute atomic E-state index is 6.60. The third kappa shape index (κ3) is 9.74. The summed E-state index contributed by atoms with van der Waals surface area (Å²) in [6.45, 7) is 0. The molecular weight excluding hydrogens is 678 g/mol. The third-order valence-electron chi connectivity index (χ3n) is 13.1. The van der Waals surface area contributed by atoms with Crippen LogP contribution in [0.3, 0.4) is 0 Å². The topological polar surface area (TPSA) is 0 Å². The van der Waals surface area contributed by atoms with Gasteiger partial charge in [0.25, 0.3) is 0 Å². The van der Waals surface area contributed by atoms with Crippen molar-refractivity contribution in [3.8, 4) is 0 Å². The van der Waals surface area contributed by atoms with Gasteiger partial charge in [-0.2, -0.15) is 0 Å². The van der Waals surface area contributed by atoms with E-state index in [1.807, 2.05) is 0 Å². The van der Waals surface area contributed by atoms with Crippen molar-refractivity contribution in [2.45, 2.75) is 227 Å². The molecule has 6 fully saturated rings. The molecule has 0 spiro atoms. The molecule has 0 N–H and O–H groups in total. The molecule has 5 heteroatoms. The van der Waals surface area contributed by atoms with Gasteiger partial charge in [-0.1, -0.05) is 19.3 Å². The van der Waals surface area contributed by atoms with Crippen LogP contribution < -0.4 is 0 Å². The summed E-state index contributed by atoms with van der Waals surface area (Å²) < 4.78 is 2.71. The molecule has 246 valence electrons. The fraction of sp³-hybridized carbons (Fsp3) is 0.973. The Kier molecular flexibility index (Phi) is 16.0. The molecule has 6 saturated carbocycles. The molecule has 0 heterocycles.